The molecule has 0 unspecified atom stereocenters. The molecule has 0 aliphatic carbocycles. The Morgan fingerprint density at radius 3 is 2.41 bits per heavy atom. The van der Waals surface area contributed by atoms with Crippen molar-refractivity contribution >= 4 is 34.4 Å². The number of rotatable bonds is 1. The van der Waals surface area contributed by atoms with Gasteiger partial charge in [-0.2, -0.15) is 0 Å². The van der Waals surface area contributed by atoms with Crippen LogP contribution in [0.3, 0.4) is 0 Å². The number of para-hydroxylation sites is 1. The molecule has 0 bridgehead atoms. The molecule has 0 aliphatic rings. The second-order valence-corrected chi connectivity index (χ2v) is 4.23. The van der Waals surface area contributed by atoms with Gasteiger partial charge in [-0.1, -0.05) is 30.3 Å². The summed E-state index contributed by atoms with van der Waals surface area (Å²) in [7, 11) is 0.595. The Balaban J connectivity index is 2.46. The fourth-order valence-electron chi connectivity index (χ4n) is 2.35. The van der Waals surface area contributed by atoms with Crippen LogP contribution in [0.15, 0.2) is 42.5 Å². The first kappa shape index (κ1) is 10.4. The third-order valence-corrected chi connectivity index (χ3v) is 3.24. The second-order valence-electron chi connectivity index (χ2n) is 4.23. The molecular weight excluding hydrogens is 213 g/mol. The SMILES string of the molecule is Cn1c2ccccc2c2cc(B(O)O)ccc21. The quantitative estimate of drug-likeness (QED) is 0.607. The zero-order valence-corrected chi connectivity index (χ0v) is 9.46. The van der Waals surface area contributed by atoms with Crippen molar-refractivity contribution in [3.05, 3.63) is 42.5 Å². The first-order chi connectivity index (χ1) is 8.18. The summed E-state index contributed by atoms with van der Waals surface area (Å²) >= 11 is 0. The van der Waals surface area contributed by atoms with Crippen molar-refractivity contribution < 1.29 is 10.0 Å². The Bertz CT molecular complexity index is 703. The molecule has 2 aromatic carbocycles. The summed E-state index contributed by atoms with van der Waals surface area (Å²) in [5.74, 6) is 0. The van der Waals surface area contributed by atoms with Crippen LogP contribution in [0.25, 0.3) is 21.8 Å². The van der Waals surface area contributed by atoms with E-state index in [-0.39, 0.29) is 0 Å². The van der Waals surface area contributed by atoms with E-state index in [1.165, 1.54) is 0 Å². The Hall–Kier alpha value is -1.78. The third-order valence-electron chi connectivity index (χ3n) is 3.24. The predicted molar refractivity (Wildman–Crippen MR) is 70.3 cm³/mol. The van der Waals surface area contributed by atoms with E-state index in [1.54, 1.807) is 6.07 Å². The summed E-state index contributed by atoms with van der Waals surface area (Å²) in [6.45, 7) is 0. The number of fused-ring (bicyclic) bond motifs is 3. The molecule has 4 heteroatoms. The topological polar surface area (TPSA) is 45.4 Å². The zero-order chi connectivity index (χ0) is 12.0. The highest BCUT2D eigenvalue weighted by molar-refractivity contribution is 6.59. The minimum absolute atomic E-state index is 0.522. The maximum atomic E-state index is 9.21. The molecule has 0 amide bonds. The standard InChI is InChI=1S/C13H12BNO2/c1-15-12-5-3-2-4-10(12)11-8-9(14(16)17)6-7-13(11)15/h2-8,16-17H,1H3. The summed E-state index contributed by atoms with van der Waals surface area (Å²) in [6.07, 6.45) is 0. The lowest BCUT2D eigenvalue weighted by atomic mass is 9.80. The van der Waals surface area contributed by atoms with Crippen molar-refractivity contribution in [2.24, 2.45) is 7.05 Å². The molecule has 1 aromatic heterocycles. The van der Waals surface area contributed by atoms with E-state index in [0.29, 0.717) is 5.46 Å². The smallest absolute Gasteiger partial charge is 0.423 e. The van der Waals surface area contributed by atoms with Gasteiger partial charge in [0.2, 0.25) is 0 Å². The van der Waals surface area contributed by atoms with Gasteiger partial charge in [0, 0.05) is 28.9 Å². The Labute approximate surface area is 99.1 Å². The van der Waals surface area contributed by atoms with Gasteiger partial charge in [0.25, 0.3) is 0 Å². The molecule has 3 aromatic rings. The molecule has 0 saturated heterocycles. The molecule has 0 fully saturated rings. The number of hydrogen-bond donors (Lipinski definition) is 2. The summed E-state index contributed by atoms with van der Waals surface area (Å²) in [5.41, 5.74) is 2.76. The number of aryl methyl sites for hydroxylation is 1. The highest BCUT2D eigenvalue weighted by Crippen LogP contribution is 2.26. The van der Waals surface area contributed by atoms with Crippen molar-refractivity contribution in [2.75, 3.05) is 0 Å². The molecule has 0 aliphatic heterocycles. The van der Waals surface area contributed by atoms with E-state index in [1.807, 2.05) is 37.4 Å². The highest BCUT2D eigenvalue weighted by atomic mass is 16.4. The first-order valence-corrected chi connectivity index (χ1v) is 5.51. The van der Waals surface area contributed by atoms with E-state index in [2.05, 4.69) is 10.6 Å². The van der Waals surface area contributed by atoms with Crippen LogP contribution in [-0.4, -0.2) is 21.7 Å². The fourth-order valence-corrected chi connectivity index (χ4v) is 2.35. The maximum Gasteiger partial charge on any atom is 0.488 e. The number of nitrogens with zero attached hydrogens (tertiary/aromatic N) is 1. The van der Waals surface area contributed by atoms with Crippen LogP contribution in [0.5, 0.6) is 0 Å². The molecule has 17 heavy (non-hydrogen) atoms. The Morgan fingerprint density at radius 1 is 0.941 bits per heavy atom. The largest absolute Gasteiger partial charge is 0.488 e. The Morgan fingerprint density at radius 2 is 1.65 bits per heavy atom. The monoisotopic (exact) mass is 225 g/mol. The van der Waals surface area contributed by atoms with Gasteiger partial charge in [0.15, 0.2) is 0 Å². The van der Waals surface area contributed by atoms with Gasteiger partial charge >= 0.3 is 7.12 Å². The van der Waals surface area contributed by atoms with Crippen LogP contribution in [0, 0.1) is 0 Å². The van der Waals surface area contributed by atoms with E-state index in [0.717, 1.165) is 21.8 Å². The van der Waals surface area contributed by atoms with Gasteiger partial charge in [-0.05, 0) is 17.6 Å². The molecule has 0 spiro atoms. The van der Waals surface area contributed by atoms with Crippen LogP contribution >= 0.6 is 0 Å². The summed E-state index contributed by atoms with van der Waals surface area (Å²) < 4.78 is 2.11. The first-order valence-electron chi connectivity index (χ1n) is 5.51. The summed E-state index contributed by atoms with van der Waals surface area (Å²) in [6, 6.07) is 13.6. The molecule has 2 N–H and O–H groups in total. The van der Waals surface area contributed by atoms with Crippen molar-refractivity contribution in [3.63, 3.8) is 0 Å². The normalized spacial score (nSPS) is 11.2. The van der Waals surface area contributed by atoms with Crippen molar-refractivity contribution in [1.82, 2.24) is 4.57 Å². The zero-order valence-electron chi connectivity index (χ0n) is 9.46. The highest BCUT2D eigenvalue weighted by Gasteiger charge is 2.14. The molecule has 0 atom stereocenters. The number of hydrogen-bond acceptors (Lipinski definition) is 2. The molecule has 1 heterocycles. The molecule has 3 rings (SSSR count). The average molecular weight is 225 g/mol. The summed E-state index contributed by atoms with van der Waals surface area (Å²) in [4.78, 5) is 0. The van der Waals surface area contributed by atoms with Crippen LogP contribution < -0.4 is 5.46 Å². The minimum atomic E-state index is -1.42. The second kappa shape index (κ2) is 3.62. The number of aromatic nitrogens is 1. The van der Waals surface area contributed by atoms with E-state index < -0.39 is 7.12 Å². The lowest BCUT2D eigenvalue weighted by Gasteiger charge is -2.00. The van der Waals surface area contributed by atoms with Crippen molar-refractivity contribution in [1.29, 1.82) is 0 Å². The van der Waals surface area contributed by atoms with Gasteiger partial charge in [-0.15, -0.1) is 0 Å². The van der Waals surface area contributed by atoms with Crippen LogP contribution in [0.4, 0.5) is 0 Å². The fraction of sp³-hybridized carbons (Fsp3) is 0.0769. The molecule has 0 saturated carbocycles. The number of benzene rings is 2. The third kappa shape index (κ3) is 1.45. The van der Waals surface area contributed by atoms with Crippen molar-refractivity contribution in [2.45, 2.75) is 0 Å². The van der Waals surface area contributed by atoms with Gasteiger partial charge in [0.1, 0.15) is 0 Å². The van der Waals surface area contributed by atoms with Crippen LogP contribution in [0.2, 0.25) is 0 Å². The summed E-state index contributed by atoms with van der Waals surface area (Å²) in [5, 5.41) is 20.6. The van der Waals surface area contributed by atoms with Crippen LogP contribution in [-0.2, 0) is 7.05 Å². The molecular formula is C13H12BNO2. The van der Waals surface area contributed by atoms with E-state index >= 15 is 0 Å². The minimum Gasteiger partial charge on any atom is -0.423 e. The average Bonchev–Trinajstić information content (AvgIpc) is 2.64. The van der Waals surface area contributed by atoms with E-state index in [4.69, 9.17) is 0 Å². The van der Waals surface area contributed by atoms with Gasteiger partial charge < -0.3 is 14.6 Å². The van der Waals surface area contributed by atoms with Gasteiger partial charge in [-0.3, -0.25) is 0 Å². The predicted octanol–water partition coefficient (Wildman–Crippen LogP) is 1.01. The van der Waals surface area contributed by atoms with E-state index in [9.17, 15) is 10.0 Å². The van der Waals surface area contributed by atoms with Gasteiger partial charge in [0.05, 0.1) is 0 Å². The molecule has 3 nitrogen and oxygen atoms in total. The Kier molecular flexibility index (Phi) is 2.21. The van der Waals surface area contributed by atoms with Gasteiger partial charge in [-0.25, -0.2) is 0 Å². The lowest BCUT2D eigenvalue weighted by molar-refractivity contribution is 0.426. The lowest BCUT2D eigenvalue weighted by Crippen LogP contribution is -2.29. The maximum absolute atomic E-state index is 9.21. The molecule has 84 valence electrons. The van der Waals surface area contributed by atoms with Crippen molar-refractivity contribution in [3.8, 4) is 0 Å². The molecule has 0 radical (unpaired) electrons. The van der Waals surface area contributed by atoms with Crippen LogP contribution in [0.1, 0.15) is 0 Å².